The highest BCUT2D eigenvalue weighted by Crippen LogP contribution is 2.33. The van der Waals surface area contributed by atoms with Gasteiger partial charge in [-0.1, -0.05) is 22.9 Å². The first-order valence-corrected chi connectivity index (χ1v) is 10.3. The maximum atomic E-state index is 12.9. The van der Waals surface area contributed by atoms with Crippen LogP contribution in [0.1, 0.15) is 30.9 Å². The molecule has 1 aliphatic heterocycles. The Morgan fingerprint density at radius 2 is 2.12 bits per heavy atom. The molecule has 1 atom stereocenters. The van der Waals surface area contributed by atoms with Crippen LogP contribution in [-0.4, -0.2) is 17.8 Å². The van der Waals surface area contributed by atoms with Crippen molar-refractivity contribution in [2.75, 3.05) is 6.61 Å². The third kappa shape index (κ3) is 5.24. The van der Waals surface area contributed by atoms with Gasteiger partial charge in [0.15, 0.2) is 0 Å². The second-order valence-corrected chi connectivity index (χ2v) is 8.78. The lowest BCUT2D eigenvalue weighted by atomic mass is 10.1. The number of carbonyl (C=O) groups excluding carboxylic acids is 1. The second-order valence-electron chi connectivity index (χ2n) is 6.35. The molecule has 2 aromatic carbocycles. The summed E-state index contributed by atoms with van der Waals surface area (Å²) >= 11 is 5.17. The zero-order valence-corrected chi connectivity index (χ0v) is 17.0. The van der Waals surface area contributed by atoms with Gasteiger partial charge in [-0.3, -0.25) is 4.79 Å². The van der Waals surface area contributed by atoms with E-state index >= 15 is 0 Å². The maximum Gasteiger partial charge on any atom is 0.220 e. The van der Waals surface area contributed by atoms with Crippen LogP contribution in [0.25, 0.3) is 0 Å². The summed E-state index contributed by atoms with van der Waals surface area (Å²) in [4.78, 5) is 13.2. The van der Waals surface area contributed by atoms with Crippen molar-refractivity contribution in [2.45, 2.75) is 42.9 Å². The highest BCUT2D eigenvalue weighted by Gasteiger charge is 2.18. The Morgan fingerprint density at radius 1 is 1.35 bits per heavy atom. The average molecular weight is 438 g/mol. The number of ether oxygens (including phenoxy) is 1. The van der Waals surface area contributed by atoms with E-state index < -0.39 is 0 Å². The molecular weight excluding hydrogens is 417 g/mol. The van der Waals surface area contributed by atoms with Crippen molar-refractivity contribution in [1.82, 2.24) is 5.32 Å². The van der Waals surface area contributed by atoms with Gasteiger partial charge in [-0.05, 0) is 48.4 Å². The van der Waals surface area contributed by atoms with Crippen LogP contribution in [0, 0.1) is 5.82 Å². The number of rotatable bonds is 7. The molecule has 0 aliphatic carbocycles. The summed E-state index contributed by atoms with van der Waals surface area (Å²) in [6.45, 7) is 3.25. The Labute approximate surface area is 165 Å². The molecule has 3 rings (SSSR count). The first kappa shape index (κ1) is 19.2. The molecular formula is C20H21BrFNO2S. The minimum absolute atomic E-state index is 0.0308. The SMILES string of the molecule is CC(CCC(=O)NCc1cc(Br)cc2c1OCC2)Sc1ccc(F)cc1. The Bertz CT molecular complexity index is 782. The Kier molecular flexibility index (Phi) is 6.59. The molecule has 1 amide bonds. The zero-order valence-electron chi connectivity index (χ0n) is 14.6. The summed E-state index contributed by atoms with van der Waals surface area (Å²) in [5.74, 6) is 0.710. The Hall–Kier alpha value is -1.53. The molecule has 0 radical (unpaired) electrons. The van der Waals surface area contributed by atoms with Crippen molar-refractivity contribution in [3.05, 3.63) is 57.8 Å². The van der Waals surface area contributed by atoms with Gasteiger partial charge in [0.25, 0.3) is 0 Å². The number of hydrogen-bond donors (Lipinski definition) is 1. The Morgan fingerprint density at radius 3 is 2.88 bits per heavy atom. The number of benzene rings is 2. The number of hydrogen-bond acceptors (Lipinski definition) is 3. The first-order valence-electron chi connectivity index (χ1n) is 8.64. The minimum atomic E-state index is -0.232. The number of nitrogens with one attached hydrogen (secondary N) is 1. The summed E-state index contributed by atoms with van der Waals surface area (Å²) in [5, 5.41) is 3.27. The minimum Gasteiger partial charge on any atom is -0.493 e. The van der Waals surface area contributed by atoms with Crippen LogP contribution >= 0.6 is 27.7 Å². The van der Waals surface area contributed by atoms with E-state index in [1.165, 1.54) is 17.7 Å². The van der Waals surface area contributed by atoms with Crippen LogP contribution < -0.4 is 10.1 Å². The van der Waals surface area contributed by atoms with Crippen molar-refractivity contribution in [1.29, 1.82) is 0 Å². The topological polar surface area (TPSA) is 38.3 Å². The molecule has 2 aromatic rings. The number of halogens is 2. The van der Waals surface area contributed by atoms with Gasteiger partial charge in [-0.25, -0.2) is 4.39 Å². The van der Waals surface area contributed by atoms with Gasteiger partial charge in [-0.2, -0.15) is 0 Å². The van der Waals surface area contributed by atoms with Crippen LogP contribution in [0.5, 0.6) is 5.75 Å². The summed E-state index contributed by atoms with van der Waals surface area (Å²) in [5.41, 5.74) is 2.20. The molecule has 0 spiro atoms. The van der Waals surface area contributed by atoms with E-state index in [2.05, 4.69) is 34.2 Å². The monoisotopic (exact) mass is 437 g/mol. The van der Waals surface area contributed by atoms with Gasteiger partial charge in [0.2, 0.25) is 5.91 Å². The lowest BCUT2D eigenvalue weighted by Gasteiger charge is -2.13. The van der Waals surface area contributed by atoms with Gasteiger partial charge in [0, 0.05) is 39.6 Å². The van der Waals surface area contributed by atoms with Gasteiger partial charge >= 0.3 is 0 Å². The largest absolute Gasteiger partial charge is 0.493 e. The molecule has 0 saturated heterocycles. The molecule has 0 aromatic heterocycles. The fourth-order valence-electron chi connectivity index (χ4n) is 2.90. The smallest absolute Gasteiger partial charge is 0.220 e. The third-order valence-corrected chi connectivity index (χ3v) is 5.87. The van der Waals surface area contributed by atoms with Gasteiger partial charge in [0.1, 0.15) is 11.6 Å². The normalized spacial score (nSPS) is 13.8. The van der Waals surface area contributed by atoms with E-state index in [-0.39, 0.29) is 17.0 Å². The highest BCUT2D eigenvalue weighted by molar-refractivity contribution is 9.10. The molecule has 1 aliphatic rings. The van der Waals surface area contributed by atoms with Gasteiger partial charge < -0.3 is 10.1 Å². The van der Waals surface area contributed by atoms with Crippen molar-refractivity contribution < 1.29 is 13.9 Å². The predicted octanol–water partition coefficient (Wildman–Crippen LogP) is 5.10. The van der Waals surface area contributed by atoms with Crippen LogP contribution in [0.2, 0.25) is 0 Å². The molecule has 1 heterocycles. The van der Waals surface area contributed by atoms with E-state index in [0.717, 1.165) is 33.5 Å². The van der Waals surface area contributed by atoms with Crippen LogP contribution in [0.3, 0.4) is 0 Å². The summed E-state index contributed by atoms with van der Waals surface area (Å²) in [6, 6.07) is 10.5. The molecule has 6 heteroatoms. The van der Waals surface area contributed by atoms with Gasteiger partial charge in [0.05, 0.1) is 6.61 Å². The lowest BCUT2D eigenvalue weighted by Crippen LogP contribution is -2.23. The number of thioether (sulfide) groups is 1. The van der Waals surface area contributed by atoms with Crippen molar-refractivity contribution >= 4 is 33.6 Å². The van der Waals surface area contributed by atoms with E-state index in [0.29, 0.717) is 19.6 Å². The lowest BCUT2D eigenvalue weighted by molar-refractivity contribution is -0.121. The first-order chi connectivity index (χ1) is 12.5. The summed E-state index contributed by atoms with van der Waals surface area (Å²) in [7, 11) is 0. The van der Waals surface area contributed by atoms with E-state index in [1.807, 2.05) is 6.07 Å². The van der Waals surface area contributed by atoms with Crippen LogP contribution in [-0.2, 0) is 17.8 Å². The highest BCUT2D eigenvalue weighted by atomic mass is 79.9. The fraction of sp³-hybridized carbons (Fsp3) is 0.350. The molecule has 0 fully saturated rings. The quantitative estimate of drug-likeness (QED) is 0.612. The third-order valence-electron chi connectivity index (χ3n) is 4.23. The summed E-state index contributed by atoms with van der Waals surface area (Å²) < 4.78 is 19.6. The van der Waals surface area contributed by atoms with E-state index in [1.54, 1.807) is 23.9 Å². The molecule has 138 valence electrons. The average Bonchev–Trinajstić information content (AvgIpc) is 3.08. The number of fused-ring (bicyclic) bond motifs is 1. The van der Waals surface area contributed by atoms with Gasteiger partial charge in [-0.15, -0.1) is 11.8 Å². The van der Waals surface area contributed by atoms with Crippen LogP contribution in [0.4, 0.5) is 4.39 Å². The molecule has 0 saturated carbocycles. The summed E-state index contributed by atoms with van der Waals surface area (Å²) in [6.07, 6.45) is 2.14. The molecule has 1 unspecified atom stereocenters. The molecule has 26 heavy (non-hydrogen) atoms. The maximum absolute atomic E-state index is 12.9. The zero-order chi connectivity index (χ0) is 18.5. The molecule has 1 N–H and O–H groups in total. The number of amides is 1. The second kappa shape index (κ2) is 8.91. The standard InChI is InChI=1S/C20H21BrFNO2S/c1-13(26-18-5-3-17(22)4-6-18)2-7-19(24)23-12-15-11-16(21)10-14-8-9-25-20(14)15/h3-6,10-11,13H,2,7-9,12H2,1H3,(H,23,24). The van der Waals surface area contributed by atoms with E-state index in [9.17, 15) is 9.18 Å². The van der Waals surface area contributed by atoms with Crippen molar-refractivity contribution in [3.63, 3.8) is 0 Å². The van der Waals surface area contributed by atoms with Crippen molar-refractivity contribution in [2.24, 2.45) is 0 Å². The predicted molar refractivity (Wildman–Crippen MR) is 106 cm³/mol. The number of carbonyl (C=O) groups is 1. The van der Waals surface area contributed by atoms with E-state index in [4.69, 9.17) is 4.74 Å². The van der Waals surface area contributed by atoms with Crippen LogP contribution in [0.15, 0.2) is 45.8 Å². The molecule has 0 bridgehead atoms. The van der Waals surface area contributed by atoms with Crippen molar-refractivity contribution in [3.8, 4) is 5.75 Å². The molecule has 3 nitrogen and oxygen atoms in total. The Balaban J connectivity index is 1.45. The fourth-order valence-corrected chi connectivity index (χ4v) is 4.44.